The summed E-state index contributed by atoms with van der Waals surface area (Å²) in [4.78, 5) is 2.26. The molecule has 5 nitrogen and oxygen atoms in total. The van der Waals surface area contributed by atoms with E-state index >= 15 is 0 Å². The number of hydrogen-bond acceptors (Lipinski definition) is 4. The highest BCUT2D eigenvalue weighted by atomic mass is 35.5. The summed E-state index contributed by atoms with van der Waals surface area (Å²) in [5, 5.41) is 8.52. The van der Waals surface area contributed by atoms with E-state index in [4.69, 9.17) is 17.3 Å². The van der Waals surface area contributed by atoms with Crippen molar-refractivity contribution in [1.82, 2.24) is 19.9 Å². The highest BCUT2D eigenvalue weighted by Gasteiger charge is 2.26. The van der Waals surface area contributed by atoms with Gasteiger partial charge >= 0.3 is 0 Å². The van der Waals surface area contributed by atoms with Crippen molar-refractivity contribution in [1.29, 1.82) is 0 Å². The number of likely N-dealkylation sites (tertiary alicyclic amines) is 1. The maximum atomic E-state index is 13.1. The fraction of sp³-hybridized carbons (Fsp3) is 0.429. The van der Waals surface area contributed by atoms with Gasteiger partial charge in [-0.3, -0.25) is 4.90 Å². The standard InChI is InChI=1S/C14H17ClFN5/c1-9-5-20(8-13(9)17)6-11-7-21(19-18-11)14-3-2-10(16)4-12(14)15/h2-4,7,9,13H,5-6,8,17H2,1H3. The smallest absolute Gasteiger partial charge is 0.124 e. The van der Waals surface area contributed by atoms with Gasteiger partial charge in [-0.25, -0.2) is 9.07 Å². The van der Waals surface area contributed by atoms with Crippen molar-refractivity contribution in [3.63, 3.8) is 0 Å². The Morgan fingerprint density at radius 3 is 2.90 bits per heavy atom. The van der Waals surface area contributed by atoms with Crippen LogP contribution in [0.4, 0.5) is 4.39 Å². The Morgan fingerprint density at radius 1 is 1.43 bits per heavy atom. The third kappa shape index (κ3) is 3.07. The SMILES string of the molecule is CC1CN(Cc2cn(-c3ccc(F)cc3Cl)nn2)CC1N. The second-order valence-electron chi connectivity index (χ2n) is 5.59. The monoisotopic (exact) mass is 309 g/mol. The Morgan fingerprint density at radius 2 is 2.24 bits per heavy atom. The quantitative estimate of drug-likeness (QED) is 0.940. The normalized spacial score (nSPS) is 22.9. The molecule has 0 amide bonds. The Balaban J connectivity index is 1.74. The minimum Gasteiger partial charge on any atom is -0.326 e. The third-order valence-corrected chi connectivity index (χ3v) is 4.13. The molecule has 7 heteroatoms. The average molecular weight is 310 g/mol. The molecule has 21 heavy (non-hydrogen) atoms. The molecule has 2 N–H and O–H groups in total. The molecule has 1 fully saturated rings. The van der Waals surface area contributed by atoms with Crippen LogP contribution in [0.25, 0.3) is 5.69 Å². The maximum absolute atomic E-state index is 13.1. The molecule has 2 heterocycles. The second kappa shape index (κ2) is 5.71. The number of hydrogen-bond donors (Lipinski definition) is 1. The molecule has 0 radical (unpaired) electrons. The largest absolute Gasteiger partial charge is 0.326 e. The van der Waals surface area contributed by atoms with Crippen LogP contribution in [-0.2, 0) is 6.54 Å². The van der Waals surface area contributed by atoms with Crippen LogP contribution in [0.5, 0.6) is 0 Å². The molecule has 2 atom stereocenters. The van der Waals surface area contributed by atoms with Crippen molar-refractivity contribution in [2.45, 2.75) is 19.5 Å². The summed E-state index contributed by atoms with van der Waals surface area (Å²) < 4.78 is 14.6. The van der Waals surface area contributed by atoms with Crippen LogP contribution in [-0.4, -0.2) is 39.0 Å². The first kappa shape index (κ1) is 14.4. The van der Waals surface area contributed by atoms with Gasteiger partial charge in [0.25, 0.3) is 0 Å². The molecular formula is C14H17ClFN5. The third-order valence-electron chi connectivity index (χ3n) is 3.83. The van der Waals surface area contributed by atoms with Gasteiger partial charge in [0.05, 0.1) is 22.6 Å². The van der Waals surface area contributed by atoms with Crippen molar-refractivity contribution in [2.24, 2.45) is 11.7 Å². The molecule has 2 unspecified atom stereocenters. The van der Waals surface area contributed by atoms with Gasteiger partial charge < -0.3 is 5.73 Å². The first-order valence-corrected chi connectivity index (χ1v) is 7.25. The van der Waals surface area contributed by atoms with E-state index in [-0.39, 0.29) is 11.9 Å². The summed E-state index contributed by atoms with van der Waals surface area (Å²) in [7, 11) is 0. The molecule has 1 aliphatic rings. The van der Waals surface area contributed by atoms with Gasteiger partial charge in [0.2, 0.25) is 0 Å². The zero-order valence-electron chi connectivity index (χ0n) is 11.7. The van der Waals surface area contributed by atoms with Crippen molar-refractivity contribution >= 4 is 11.6 Å². The molecular weight excluding hydrogens is 293 g/mol. The van der Waals surface area contributed by atoms with Crippen molar-refractivity contribution < 1.29 is 4.39 Å². The summed E-state index contributed by atoms with van der Waals surface area (Å²) in [6.45, 7) is 4.69. The molecule has 2 aromatic rings. The van der Waals surface area contributed by atoms with Gasteiger partial charge in [-0.2, -0.15) is 0 Å². The van der Waals surface area contributed by atoms with E-state index in [1.807, 2.05) is 6.20 Å². The van der Waals surface area contributed by atoms with E-state index in [0.717, 1.165) is 18.8 Å². The molecule has 0 spiro atoms. The topological polar surface area (TPSA) is 60.0 Å². The summed E-state index contributed by atoms with van der Waals surface area (Å²) in [6, 6.07) is 4.42. The Kier molecular flexibility index (Phi) is 3.93. The number of rotatable bonds is 3. The summed E-state index contributed by atoms with van der Waals surface area (Å²) in [6.07, 6.45) is 1.81. The van der Waals surface area contributed by atoms with Gasteiger partial charge in [-0.05, 0) is 24.1 Å². The van der Waals surface area contributed by atoms with Crippen LogP contribution in [0.3, 0.4) is 0 Å². The lowest BCUT2D eigenvalue weighted by Gasteiger charge is -2.12. The minimum absolute atomic E-state index is 0.214. The zero-order valence-corrected chi connectivity index (χ0v) is 12.5. The molecule has 1 saturated heterocycles. The molecule has 3 rings (SSSR count). The number of benzene rings is 1. The first-order valence-electron chi connectivity index (χ1n) is 6.87. The van der Waals surface area contributed by atoms with Gasteiger partial charge in [0, 0.05) is 25.7 Å². The molecule has 1 aromatic carbocycles. The van der Waals surface area contributed by atoms with E-state index < -0.39 is 0 Å². The predicted molar refractivity (Wildman–Crippen MR) is 78.7 cm³/mol. The van der Waals surface area contributed by atoms with Crippen LogP contribution in [0, 0.1) is 11.7 Å². The van der Waals surface area contributed by atoms with Gasteiger partial charge in [-0.1, -0.05) is 23.7 Å². The summed E-state index contributed by atoms with van der Waals surface area (Å²) in [5.74, 6) is 0.121. The highest BCUT2D eigenvalue weighted by Crippen LogP contribution is 2.21. The van der Waals surface area contributed by atoms with E-state index in [1.54, 1.807) is 10.7 Å². The fourth-order valence-electron chi connectivity index (χ4n) is 2.61. The van der Waals surface area contributed by atoms with E-state index in [0.29, 0.717) is 23.2 Å². The van der Waals surface area contributed by atoms with Crippen molar-refractivity contribution in [2.75, 3.05) is 13.1 Å². The van der Waals surface area contributed by atoms with Crippen LogP contribution in [0.2, 0.25) is 5.02 Å². The van der Waals surface area contributed by atoms with Crippen LogP contribution in [0.15, 0.2) is 24.4 Å². The molecule has 0 bridgehead atoms. The minimum atomic E-state index is -0.371. The van der Waals surface area contributed by atoms with E-state index in [1.165, 1.54) is 12.1 Å². The Labute approximate surface area is 127 Å². The Hall–Kier alpha value is -1.50. The molecule has 1 aliphatic heterocycles. The van der Waals surface area contributed by atoms with Crippen LogP contribution < -0.4 is 5.73 Å². The van der Waals surface area contributed by atoms with Gasteiger partial charge in [-0.15, -0.1) is 5.10 Å². The number of aromatic nitrogens is 3. The number of halogens is 2. The maximum Gasteiger partial charge on any atom is 0.124 e. The zero-order chi connectivity index (χ0) is 15.0. The van der Waals surface area contributed by atoms with E-state index in [9.17, 15) is 4.39 Å². The average Bonchev–Trinajstić information content (AvgIpc) is 2.98. The van der Waals surface area contributed by atoms with Crippen LogP contribution in [0.1, 0.15) is 12.6 Å². The second-order valence-corrected chi connectivity index (χ2v) is 5.99. The van der Waals surface area contributed by atoms with E-state index in [2.05, 4.69) is 22.1 Å². The predicted octanol–water partition coefficient (Wildman–Crippen LogP) is 1.84. The highest BCUT2D eigenvalue weighted by molar-refractivity contribution is 6.32. The number of nitrogens with two attached hydrogens (primary N) is 1. The summed E-state index contributed by atoms with van der Waals surface area (Å²) >= 11 is 6.03. The van der Waals surface area contributed by atoms with Crippen molar-refractivity contribution in [3.8, 4) is 5.69 Å². The molecule has 0 saturated carbocycles. The molecule has 0 aliphatic carbocycles. The number of nitrogens with zero attached hydrogens (tertiary/aromatic N) is 4. The van der Waals surface area contributed by atoms with Gasteiger partial charge in [0.1, 0.15) is 5.82 Å². The molecule has 1 aromatic heterocycles. The first-order chi connectivity index (χ1) is 10.0. The Bertz CT molecular complexity index is 634. The lowest BCUT2D eigenvalue weighted by molar-refractivity contribution is 0.315. The lowest BCUT2D eigenvalue weighted by atomic mass is 10.1. The van der Waals surface area contributed by atoms with Crippen LogP contribution >= 0.6 is 11.6 Å². The fourth-order valence-corrected chi connectivity index (χ4v) is 2.86. The van der Waals surface area contributed by atoms with Crippen molar-refractivity contribution in [3.05, 3.63) is 40.9 Å². The molecule has 112 valence electrons. The lowest BCUT2D eigenvalue weighted by Crippen LogP contribution is -2.28. The summed E-state index contributed by atoms with van der Waals surface area (Å²) in [5.41, 5.74) is 7.48. The van der Waals surface area contributed by atoms with Gasteiger partial charge in [0.15, 0.2) is 0 Å².